The zero-order valence-electron chi connectivity index (χ0n) is 13.2. The molecule has 2 aliphatic rings. The molecule has 1 saturated heterocycles. The van der Waals surface area contributed by atoms with Gasteiger partial charge >= 0.3 is 0 Å². The molecule has 0 aromatic rings. The van der Waals surface area contributed by atoms with Crippen LogP contribution in [0.15, 0.2) is 0 Å². The van der Waals surface area contributed by atoms with E-state index in [9.17, 15) is 5.26 Å². The van der Waals surface area contributed by atoms with Crippen LogP contribution in [0, 0.1) is 17.2 Å². The Labute approximate surface area is 123 Å². The lowest BCUT2D eigenvalue weighted by Crippen LogP contribution is -2.49. The molecule has 0 aromatic heterocycles. The van der Waals surface area contributed by atoms with Gasteiger partial charge in [-0.15, -0.1) is 0 Å². The van der Waals surface area contributed by atoms with Crippen LogP contribution in [0.1, 0.15) is 46.0 Å². The number of nitriles is 1. The summed E-state index contributed by atoms with van der Waals surface area (Å²) >= 11 is 0. The summed E-state index contributed by atoms with van der Waals surface area (Å²) in [4.78, 5) is 2.56. The summed E-state index contributed by atoms with van der Waals surface area (Å²) in [5.74, 6) is 0.650. The SMILES string of the molecule is CCCNC1(C#N)CCC(N2CCC(C)C(OC)C2)C1. The van der Waals surface area contributed by atoms with Crippen molar-refractivity contribution in [3.05, 3.63) is 0 Å². The molecule has 1 saturated carbocycles. The summed E-state index contributed by atoms with van der Waals surface area (Å²) in [7, 11) is 1.82. The standard InChI is InChI=1S/C16H29N3O/c1-4-8-18-16(12-17)7-5-14(10-16)19-9-6-13(2)15(11-19)20-3/h13-15,18H,4-11H2,1-3H3. The van der Waals surface area contributed by atoms with E-state index in [1.165, 1.54) is 6.42 Å². The first kappa shape index (κ1) is 15.8. The molecule has 4 nitrogen and oxygen atoms in total. The molecule has 0 bridgehead atoms. The highest BCUT2D eigenvalue weighted by molar-refractivity contribution is 5.13. The monoisotopic (exact) mass is 279 g/mol. The zero-order valence-corrected chi connectivity index (χ0v) is 13.2. The van der Waals surface area contributed by atoms with Crippen molar-refractivity contribution >= 4 is 0 Å². The molecule has 4 atom stereocenters. The number of hydrogen-bond donors (Lipinski definition) is 1. The molecule has 0 spiro atoms. The van der Waals surface area contributed by atoms with Gasteiger partial charge in [-0.1, -0.05) is 13.8 Å². The van der Waals surface area contributed by atoms with E-state index in [2.05, 4.69) is 30.1 Å². The number of nitrogens with one attached hydrogen (secondary N) is 1. The van der Waals surface area contributed by atoms with Crippen molar-refractivity contribution in [2.45, 2.75) is 63.6 Å². The number of hydrogen-bond acceptors (Lipinski definition) is 4. The van der Waals surface area contributed by atoms with E-state index in [-0.39, 0.29) is 5.54 Å². The summed E-state index contributed by atoms with van der Waals surface area (Å²) in [6, 6.07) is 3.09. The number of piperidine rings is 1. The Balaban J connectivity index is 1.93. The second kappa shape index (κ2) is 6.89. The van der Waals surface area contributed by atoms with Crippen molar-refractivity contribution in [3.63, 3.8) is 0 Å². The normalized spacial score (nSPS) is 38.8. The molecule has 4 heteroatoms. The molecule has 114 valence electrons. The Bertz CT molecular complexity index is 354. The van der Waals surface area contributed by atoms with Crippen LogP contribution in [0.4, 0.5) is 0 Å². The summed E-state index contributed by atoms with van der Waals surface area (Å²) in [5.41, 5.74) is -0.285. The van der Waals surface area contributed by atoms with Gasteiger partial charge in [-0.2, -0.15) is 5.26 Å². The number of ether oxygens (including phenoxy) is 1. The van der Waals surface area contributed by atoms with Crippen LogP contribution in [-0.2, 0) is 4.74 Å². The first-order valence-electron chi connectivity index (χ1n) is 8.07. The highest BCUT2D eigenvalue weighted by Gasteiger charge is 2.42. The van der Waals surface area contributed by atoms with Gasteiger partial charge in [0.05, 0.1) is 12.2 Å². The van der Waals surface area contributed by atoms with Gasteiger partial charge in [-0.3, -0.25) is 10.2 Å². The van der Waals surface area contributed by atoms with Crippen LogP contribution in [0.3, 0.4) is 0 Å². The maximum Gasteiger partial charge on any atom is 0.108 e. The first-order valence-corrected chi connectivity index (χ1v) is 8.07. The fraction of sp³-hybridized carbons (Fsp3) is 0.938. The lowest BCUT2D eigenvalue weighted by molar-refractivity contribution is -0.0187. The topological polar surface area (TPSA) is 48.3 Å². The van der Waals surface area contributed by atoms with Crippen LogP contribution in [-0.4, -0.2) is 49.3 Å². The average Bonchev–Trinajstić information content (AvgIpc) is 2.91. The molecule has 20 heavy (non-hydrogen) atoms. The van der Waals surface area contributed by atoms with Gasteiger partial charge in [0.1, 0.15) is 5.54 Å². The Kier molecular flexibility index (Phi) is 5.42. The highest BCUT2D eigenvalue weighted by Crippen LogP contribution is 2.35. The molecule has 4 unspecified atom stereocenters. The van der Waals surface area contributed by atoms with Crippen molar-refractivity contribution in [2.24, 2.45) is 5.92 Å². The lowest BCUT2D eigenvalue weighted by Gasteiger charge is -2.39. The summed E-state index contributed by atoms with van der Waals surface area (Å²) in [6.45, 7) is 7.55. The molecule has 1 N–H and O–H groups in total. The Hall–Kier alpha value is -0.630. The minimum atomic E-state index is -0.285. The van der Waals surface area contributed by atoms with Crippen LogP contribution in [0.2, 0.25) is 0 Å². The van der Waals surface area contributed by atoms with Gasteiger partial charge in [0, 0.05) is 19.7 Å². The van der Waals surface area contributed by atoms with Gasteiger partial charge in [0.25, 0.3) is 0 Å². The van der Waals surface area contributed by atoms with Gasteiger partial charge in [0.2, 0.25) is 0 Å². The molecule has 2 rings (SSSR count). The average molecular weight is 279 g/mol. The summed E-state index contributed by atoms with van der Waals surface area (Å²) < 4.78 is 5.61. The molecule has 1 aliphatic heterocycles. The third-order valence-corrected chi connectivity index (χ3v) is 5.16. The van der Waals surface area contributed by atoms with E-state index in [0.29, 0.717) is 18.1 Å². The molecule has 0 radical (unpaired) electrons. The lowest BCUT2D eigenvalue weighted by atomic mass is 9.93. The van der Waals surface area contributed by atoms with Crippen LogP contribution in [0.25, 0.3) is 0 Å². The van der Waals surface area contributed by atoms with Crippen molar-refractivity contribution in [3.8, 4) is 6.07 Å². The molecule has 1 heterocycles. The van der Waals surface area contributed by atoms with Crippen molar-refractivity contribution in [1.29, 1.82) is 5.26 Å². The van der Waals surface area contributed by atoms with Gasteiger partial charge in [0.15, 0.2) is 0 Å². The zero-order chi connectivity index (χ0) is 14.6. The quantitative estimate of drug-likeness (QED) is 0.838. The van der Waals surface area contributed by atoms with E-state index in [0.717, 1.165) is 45.3 Å². The number of nitrogens with zero attached hydrogens (tertiary/aromatic N) is 2. The minimum Gasteiger partial charge on any atom is -0.380 e. The first-order chi connectivity index (χ1) is 9.64. The molecule has 0 amide bonds. The molecule has 1 aliphatic carbocycles. The Morgan fingerprint density at radius 2 is 2.25 bits per heavy atom. The largest absolute Gasteiger partial charge is 0.380 e. The second-order valence-corrected chi connectivity index (χ2v) is 6.55. The van der Waals surface area contributed by atoms with E-state index >= 15 is 0 Å². The number of rotatable bonds is 5. The van der Waals surface area contributed by atoms with Gasteiger partial charge in [-0.05, 0) is 51.1 Å². The maximum absolute atomic E-state index is 9.54. The summed E-state index contributed by atoms with van der Waals surface area (Å²) in [5, 5.41) is 13.0. The molecule has 0 aromatic carbocycles. The van der Waals surface area contributed by atoms with Gasteiger partial charge < -0.3 is 4.74 Å². The smallest absolute Gasteiger partial charge is 0.108 e. The van der Waals surface area contributed by atoms with E-state index in [1.54, 1.807) is 0 Å². The molecule has 2 fully saturated rings. The van der Waals surface area contributed by atoms with Crippen LogP contribution in [0.5, 0.6) is 0 Å². The second-order valence-electron chi connectivity index (χ2n) is 6.55. The number of methoxy groups -OCH3 is 1. The Morgan fingerprint density at radius 3 is 2.90 bits per heavy atom. The van der Waals surface area contributed by atoms with Crippen LogP contribution >= 0.6 is 0 Å². The predicted octanol–water partition coefficient (Wildman–Crippen LogP) is 2.16. The van der Waals surface area contributed by atoms with E-state index in [1.807, 2.05) is 7.11 Å². The third-order valence-electron chi connectivity index (χ3n) is 5.16. The van der Waals surface area contributed by atoms with Crippen molar-refractivity contribution < 1.29 is 4.74 Å². The Morgan fingerprint density at radius 1 is 1.45 bits per heavy atom. The fourth-order valence-electron chi connectivity index (χ4n) is 3.69. The van der Waals surface area contributed by atoms with E-state index in [4.69, 9.17) is 4.74 Å². The predicted molar refractivity (Wildman–Crippen MR) is 80.4 cm³/mol. The highest BCUT2D eigenvalue weighted by atomic mass is 16.5. The van der Waals surface area contributed by atoms with Crippen molar-refractivity contribution in [1.82, 2.24) is 10.2 Å². The maximum atomic E-state index is 9.54. The molecular weight excluding hydrogens is 250 g/mol. The third kappa shape index (κ3) is 3.33. The van der Waals surface area contributed by atoms with Crippen molar-refractivity contribution in [2.75, 3.05) is 26.7 Å². The fourth-order valence-corrected chi connectivity index (χ4v) is 3.69. The van der Waals surface area contributed by atoms with Gasteiger partial charge in [-0.25, -0.2) is 0 Å². The van der Waals surface area contributed by atoms with E-state index < -0.39 is 0 Å². The summed E-state index contributed by atoms with van der Waals surface area (Å²) in [6.07, 6.45) is 5.73. The minimum absolute atomic E-state index is 0.285. The number of likely N-dealkylation sites (tertiary alicyclic amines) is 1. The molecular formula is C16H29N3O. The van der Waals surface area contributed by atoms with Crippen LogP contribution < -0.4 is 5.32 Å².